The monoisotopic (exact) mass is 524 g/mol. The zero-order valence-electron chi connectivity index (χ0n) is 19.8. The Morgan fingerprint density at radius 3 is 2.59 bits per heavy atom. The van der Waals surface area contributed by atoms with Gasteiger partial charge in [0.1, 0.15) is 33.8 Å². The first-order chi connectivity index (χ1) is 17.6. The van der Waals surface area contributed by atoms with Gasteiger partial charge in [-0.05, 0) is 62.7 Å². The molecule has 3 heterocycles. The molecule has 1 unspecified atom stereocenters. The summed E-state index contributed by atoms with van der Waals surface area (Å²) in [4.78, 5) is 31.5. The van der Waals surface area contributed by atoms with E-state index in [2.05, 4.69) is 25.0 Å². The van der Waals surface area contributed by atoms with E-state index in [1.807, 2.05) is 19.9 Å². The maximum Gasteiger partial charge on any atom is 0.439 e. The van der Waals surface area contributed by atoms with Crippen LogP contribution in [-0.2, 0) is 0 Å². The van der Waals surface area contributed by atoms with Crippen molar-refractivity contribution in [2.45, 2.75) is 26.8 Å². The zero-order valence-corrected chi connectivity index (χ0v) is 20.5. The van der Waals surface area contributed by atoms with Crippen LogP contribution in [0.2, 0.25) is 5.15 Å². The van der Waals surface area contributed by atoms with E-state index >= 15 is 0 Å². The lowest BCUT2D eigenvalue weighted by atomic mass is 9.98. The van der Waals surface area contributed by atoms with E-state index in [1.165, 1.54) is 6.92 Å². The molecule has 11 heteroatoms. The van der Waals surface area contributed by atoms with Gasteiger partial charge in [-0.15, -0.1) is 0 Å². The summed E-state index contributed by atoms with van der Waals surface area (Å²) in [7, 11) is 0. The molecule has 0 bridgehead atoms. The number of fused-ring (bicyclic) bond motifs is 1. The molecule has 1 atom stereocenters. The Balaban J connectivity index is 1.67. The van der Waals surface area contributed by atoms with Gasteiger partial charge in [-0.1, -0.05) is 22.8 Å². The van der Waals surface area contributed by atoms with Gasteiger partial charge >= 0.3 is 5.76 Å². The molecule has 0 amide bonds. The number of nitrogens with one attached hydrogen (secondary N) is 2. The molecule has 0 saturated heterocycles. The van der Waals surface area contributed by atoms with Crippen molar-refractivity contribution in [1.29, 1.82) is 0 Å². The van der Waals surface area contributed by atoms with Crippen LogP contribution >= 0.6 is 11.6 Å². The maximum atomic E-state index is 14.6. The highest BCUT2D eigenvalue weighted by Gasteiger charge is 2.22. The van der Waals surface area contributed by atoms with Crippen molar-refractivity contribution in [2.24, 2.45) is 0 Å². The van der Waals surface area contributed by atoms with Gasteiger partial charge in [0.2, 0.25) is 5.82 Å². The van der Waals surface area contributed by atoms with E-state index < -0.39 is 23.4 Å². The molecule has 8 nitrogen and oxygen atoms in total. The Morgan fingerprint density at radius 2 is 1.86 bits per heavy atom. The van der Waals surface area contributed by atoms with E-state index in [1.54, 1.807) is 18.2 Å². The second-order valence-electron chi connectivity index (χ2n) is 8.58. The SMILES string of the molecule is Cc1cc(C(C)Nc2ccc(Cl)nc2-c2noc(=O)[nH]2)c2oc(-c3cc(F)ccc3F)c(C)c(=O)c2c1. The van der Waals surface area contributed by atoms with Crippen LogP contribution in [0.1, 0.15) is 29.7 Å². The van der Waals surface area contributed by atoms with Crippen molar-refractivity contribution in [1.82, 2.24) is 15.1 Å². The normalized spacial score (nSPS) is 12.2. The number of aromatic nitrogens is 3. The first kappa shape index (κ1) is 24.4. The van der Waals surface area contributed by atoms with Crippen LogP contribution in [0.15, 0.2) is 61.0 Å². The minimum absolute atomic E-state index is 0.0548. The molecule has 2 aromatic carbocycles. The Morgan fingerprint density at radius 1 is 1.08 bits per heavy atom. The summed E-state index contributed by atoms with van der Waals surface area (Å²) in [5.74, 6) is -2.12. The number of aromatic amines is 1. The molecule has 0 radical (unpaired) electrons. The number of benzene rings is 2. The van der Waals surface area contributed by atoms with E-state index in [0.717, 1.165) is 23.8 Å². The molecule has 0 saturated carbocycles. The smallest absolute Gasteiger partial charge is 0.439 e. The largest absolute Gasteiger partial charge is 0.455 e. The molecule has 37 heavy (non-hydrogen) atoms. The second kappa shape index (κ2) is 9.29. The molecule has 188 valence electrons. The lowest BCUT2D eigenvalue weighted by molar-refractivity contribution is 0.388. The zero-order chi connectivity index (χ0) is 26.4. The van der Waals surface area contributed by atoms with Gasteiger partial charge in [0.25, 0.3) is 0 Å². The van der Waals surface area contributed by atoms with Gasteiger partial charge in [0, 0.05) is 11.1 Å². The Hall–Kier alpha value is -4.31. The second-order valence-corrected chi connectivity index (χ2v) is 8.97. The molecule has 0 fully saturated rings. The summed E-state index contributed by atoms with van der Waals surface area (Å²) in [6.45, 7) is 5.17. The molecule has 0 aliphatic heterocycles. The predicted octanol–water partition coefficient (Wildman–Crippen LogP) is 5.92. The van der Waals surface area contributed by atoms with Crippen LogP contribution in [0.5, 0.6) is 0 Å². The van der Waals surface area contributed by atoms with Gasteiger partial charge in [-0.25, -0.2) is 18.6 Å². The Labute approximate surface area is 212 Å². The van der Waals surface area contributed by atoms with Gasteiger partial charge < -0.3 is 9.73 Å². The van der Waals surface area contributed by atoms with Crippen LogP contribution < -0.4 is 16.5 Å². The molecule has 5 aromatic rings. The topological polar surface area (TPSA) is 114 Å². The number of halogens is 3. The van der Waals surface area contributed by atoms with Crippen molar-refractivity contribution < 1.29 is 17.7 Å². The van der Waals surface area contributed by atoms with Gasteiger partial charge in [-0.3, -0.25) is 14.3 Å². The molecule has 5 rings (SSSR count). The summed E-state index contributed by atoms with van der Waals surface area (Å²) >= 11 is 6.06. The standard InChI is InChI=1S/C26H19ClF2N4O4/c1-11-8-15(13(3)30-19-6-7-20(27)31-21(19)25-32-26(35)37-33-25)24-17(9-11)22(34)12(2)23(36-24)16-10-14(28)4-5-18(16)29/h4-10,13,30H,1-3H3,(H,32,33,35). The van der Waals surface area contributed by atoms with Gasteiger partial charge in [0.05, 0.1) is 22.7 Å². The number of rotatable bonds is 5. The first-order valence-electron chi connectivity index (χ1n) is 11.1. The van der Waals surface area contributed by atoms with Gasteiger partial charge in [0.15, 0.2) is 5.43 Å². The fourth-order valence-corrected chi connectivity index (χ4v) is 4.34. The molecule has 0 aliphatic rings. The van der Waals surface area contributed by atoms with Crippen molar-refractivity contribution in [3.8, 4) is 22.8 Å². The third-order valence-electron chi connectivity index (χ3n) is 5.93. The number of pyridine rings is 1. The van der Waals surface area contributed by atoms with Crippen LogP contribution in [0, 0.1) is 25.5 Å². The quantitative estimate of drug-likeness (QED) is 0.274. The van der Waals surface area contributed by atoms with E-state index in [-0.39, 0.29) is 44.6 Å². The van der Waals surface area contributed by atoms with Crippen molar-refractivity contribution in [2.75, 3.05) is 5.32 Å². The van der Waals surface area contributed by atoms with Crippen molar-refractivity contribution >= 4 is 28.3 Å². The summed E-state index contributed by atoms with van der Waals surface area (Å²) in [5, 5.41) is 7.43. The fraction of sp³-hybridized carbons (Fsp3) is 0.154. The third-order valence-corrected chi connectivity index (χ3v) is 6.14. The lowest BCUT2D eigenvalue weighted by Gasteiger charge is -2.20. The van der Waals surface area contributed by atoms with Crippen LogP contribution in [0.25, 0.3) is 33.8 Å². The minimum atomic E-state index is -0.755. The van der Waals surface area contributed by atoms with Crippen LogP contribution in [0.3, 0.4) is 0 Å². The fourth-order valence-electron chi connectivity index (χ4n) is 4.19. The summed E-state index contributed by atoms with van der Waals surface area (Å²) in [6, 6.07) is 9.20. The van der Waals surface area contributed by atoms with E-state index in [9.17, 15) is 18.4 Å². The Kier molecular flexibility index (Phi) is 6.12. The predicted molar refractivity (Wildman–Crippen MR) is 135 cm³/mol. The number of hydrogen-bond donors (Lipinski definition) is 2. The van der Waals surface area contributed by atoms with Crippen molar-refractivity contribution in [3.63, 3.8) is 0 Å². The number of H-pyrrole nitrogens is 1. The van der Waals surface area contributed by atoms with Crippen LogP contribution in [-0.4, -0.2) is 15.1 Å². The van der Waals surface area contributed by atoms with Crippen molar-refractivity contribution in [3.05, 3.63) is 96.7 Å². The Bertz CT molecular complexity index is 1790. The number of anilines is 1. The maximum absolute atomic E-state index is 14.6. The third kappa shape index (κ3) is 4.51. The molecule has 0 spiro atoms. The molecule has 3 aromatic heterocycles. The minimum Gasteiger partial charge on any atom is -0.455 e. The first-order valence-corrected chi connectivity index (χ1v) is 11.5. The molecule has 0 aliphatic carbocycles. The van der Waals surface area contributed by atoms with E-state index in [0.29, 0.717) is 16.6 Å². The number of hydrogen-bond acceptors (Lipinski definition) is 7. The number of aryl methyl sites for hydroxylation is 1. The molecular weight excluding hydrogens is 506 g/mol. The average molecular weight is 525 g/mol. The molecular formula is C26H19ClF2N4O4. The summed E-state index contributed by atoms with van der Waals surface area (Å²) < 4.78 is 39.3. The molecule has 2 N–H and O–H groups in total. The average Bonchev–Trinajstić information content (AvgIpc) is 3.30. The van der Waals surface area contributed by atoms with Crippen LogP contribution in [0.4, 0.5) is 14.5 Å². The summed E-state index contributed by atoms with van der Waals surface area (Å²) in [5.41, 5.74) is 1.95. The summed E-state index contributed by atoms with van der Waals surface area (Å²) in [6.07, 6.45) is 0. The highest BCUT2D eigenvalue weighted by molar-refractivity contribution is 6.29. The highest BCUT2D eigenvalue weighted by Crippen LogP contribution is 2.34. The number of nitrogens with zero attached hydrogens (tertiary/aromatic N) is 2. The van der Waals surface area contributed by atoms with E-state index in [4.69, 9.17) is 16.0 Å². The van der Waals surface area contributed by atoms with Gasteiger partial charge in [-0.2, -0.15) is 0 Å². The lowest BCUT2D eigenvalue weighted by Crippen LogP contribution is -2.13. The highest BCUT2D eigenvalue weighted by atomic mass is 35.5.